The predicted octanol–water partition coefficient (Wildman–Crippen LogP) is 4.77. The molecule has 0 saturated heterocycles. The molecule has 2 amide bonds. The van der Waals surface area contributed by atoms with Gasteiger partial charge in [-0.05, 0) is 49.6 Å². The van der Waals surface area contributed by atoms with Gasteiger partial charge >= 0.3 is 0 Å². The lowest BCUT2D eigenvalue weighted by Crippen LogP contribution is -2.47. The second kappa shape index (κ2) is 12.1. The molecular weight excluding hydrogens is 492 g/mol. The average Bonchev–Trinajstić information content (AvgIpc) is 3.63. The first kappa shape index (κ1) is 26.3. The number of carbonyl (C=O) groups is 2. The number of hydrogen-bond donors (Lipinski definition) is 1. The SMILES string of the molecule is Cc1ccc(-c2nnn(CC(=O)N(Cc3ccco3)[C@H](C(=O)NC3CCCCC3)c3ccc(C)cc3)n2)cc1. The molecule has 9 nitrogen and oxygen atoms in total. The van der Waals surface area contributed by atoms with E-state index in [-0.39, 0.29) is 30.9 Å². The molecule has 0 radical (unpaired) electrons. The fourth-order valence-corrected chi connectivity index (χ4v) is 4.98. The summed E-state index contributed by atoms with van der Waals surface area (Å²) >= 11 is 0. The Balaban J connectivity index is 1.44. The van der Waals surface area contributed by atoms with Gasteiger partial charge in [0.05, 0.1) is 12.8 Å². The summed E-state index contributed by atoms with van der Waals surface area (Å²) in [6, 6.07) is 18.4. The van der Waals surface area contributed by atoms with Gasteiger partial charge in [-0.1, -0.05) is 78.9 Å². The Kier molecular flexibility index (Phi) is 8.15. The number of nitrogens with zero attached hydrogens (tertiary/aromatic N) is 5. The number of aryl methyl sites for hydroxylation is 2. The standard InChI is InChI=1S/C30H34N6O3/c1-21-10-14-23(15-11-21)28(30(38)31-25-7-4-3-5-8-25)35(19-26-9-6-18-39-26)27(37)20-36-33-29(32-34-36)24-16-12-22(2)13-17-24/h6,9-18,25,28H,3-5,7-8,19-20H2,1-2H3,(H,31,38)/t28-/m0/s1. The van der Waals surface area contributed by atoms with Gasteiger partial charge in [-0.15, -0.1) is 10.2 Å². The average molecular weight is 527 g/mol. The minimum atomic E-state index is -0.842. The summed E-state index contributed by atoms with van der Waals surface area (Å²) in [6.07, 6.45) is 6.83. The number of aromatic nitrogens is 4. The number of benzene rings is 2. The van der Waals surface area contributed by atoms with Crippen molar-refractivity contribution in [3.8, 4) is 11.4 Å². The molecule has 1 atom stereocenters. The van der Waals surface area contributed by atoms with E-state index in [0.717, 1.165) is 47.9 Å². The van der Waals surface area contributed by atoms with Crippen molar-refractivity contribution in [1.82, 2.24) is 30.4 Å². The highest BCUT2D eigenvalue weighted by Gasteiger charge is 2.34. The molecular formula is C30H34N6O3. The Morgan fingerprint density at radius 2 is 1.69 bits per heavy atom. The third-order valence-electron chi connectivity index (χ3n) is 7.17. The van der Waals surface area contributed by atoms with Crippen molar-refractivity contribution in [1.29, 1.82) is 0 Å². The monoisotopic (exact) mass is 526 g/mol. The Hall–Kier alpha value is -4.27. The molecule has 202 valence electrons. The Bertz CT molecular complexity index is 1370. The minimum absolute atomic E-state index is 0.105. The maximum atomic E-state index is 13.9. The number of hydrogen-bond acceptors (Lipinski definition) is 6. The molecule has 2 aromatic heterocycles. The third-order valence-corrected chi connectivity index (χ3v) is 7.17. The number of carbonyl (C=O) groups excluding carboxylic acids is 2. The summed E-state index contributed by atoms with van der Waals surface area (Å²) in [4.78, 5) is 30.6. The van der Waals surface area contributed by atoms with Crippen LogP contribution >= 0.6 is 0 Å². The van der Waals surface area contributed by atoms with Gasteiger partial charge in [0, 0.05) is 11.6 Å². The zero-order chi connectivity index (χ0) is 27.2. The highest BCUT2D eigenvalue weighted by Crippen LogP contribution is 2.27. The number of amides is 2. The smallest absolute Gasteiger partial charge is 0.247 e. The summed E-state index contributed by atoms with van der Waals surface area (Å²) in [7, 11) is 0. The summed E-state index contributed by atoms with van der Waals surface area (Å²) in [6.45, 7) is 3.96. The van der Waals surface area contributed by atoms with Gasteiger partial charge in [0.25, 0.3) is 0 Å². The van der Waals surface area contributed by atoms with Crippen molar-refractivity contribution < 1.29 is 14.0 Å². The quantitative estimate of drug-likeness (QED) is 0.337. The van der Waals surface area contributed by atoms with E-state index in [9.17, 15) is 9.59 Å². The van der Waals surface area contributed by atoms with Crippen LogP contribution in [0.1, 0.15) is 60.6 Å². The van der Waals surface area contributed by atoms with Gasteiger partial charge < -0.3 is 14.6 Å². The van der Waals surface area contributed by atoms with E-state index in [4.69, 9.17) is 4.42 Å². The predicted molar refractivity (Wildman–Crippen MR) is 146 cm³/mol. The maximum absolute atomic E-state index is 13.9. The van der Waals surface area contributed by atoms with Crippen LogP contribution < -0.4 is 5.32 Å². The van der Waals surface area contributed by atoms with Crippen LogP contribution in [0.25, 0.3) is 11.4 Å². The molecule has 0 aliphatic heterocycles. The third kappa shape index (κ3) is 6.60. The zero-order valence-corrected chi connectivity index (χ0v) is 22.4. The van der Waals surface area contributed by atoms with Crippen LogP contribution in [0.4, 0.5) is 0 Å². The molecule has 5 rings (SSSR count). The van der Waals surface area contributed by atoms with Crippen molar-refractivity contribution in [2.75, 3.05) is 0 Å². The van der Waals surface area contributed by atoms with Crippen LogP contribution in [0.2, 0.25) is 0 Å². The number of furan rings is 1. The fourth-order valence-electron chi connectivity index (χ4n) is 4.98. The van der Waals surface area contributed by atoms with Gasteiger partial charge in [0.2, 0.25) is 17.6 Å². The molecule has 4 aromatic rings. The van der Waals surface area contributed by atoms with Crippen molar-refractivity contribution in [3.05, 3.63) is 89.4 Å². The van der Waals surface area contributed by atoms with E-state index >= 15 is 0 Å². The summed E-state index contributed by atoms with van der Waals surface area (Å²) in [5, 5.41) is 15.9. The van der Waals surface area contributed by atoms with E-state index < -0.39 is 6.04 Å². The fraction of sp³-hybridized carbons (Fsp3) is 0.367. The van der Waals surface area contributed by atoms with Crippen molar-refractivity contribution in [3.63, 3.8) is 0 Å². The molecule has 1 N–H and O–H groups in total. The van der Waals surface area contributed by atoms with E-state index in [0.29, 0.717) is 11.6 Å². The van der Waals surface area contributed by atoms with Crippen LogP contribution in [0.15, 0.2) is 71.3 Å². The largest absolute Gasteiger partial charge is 0.467 e. The zero-order valence-electron chi connectivity index (χ0n) is 22.4. The topological polar surface area (TPSA) is 106 Å². The summed E-state index contributed by atoms with van der Waals surface area (Å²) < 4.78 is 5.59. The van der Waals surface area contributed by atoms with Crippen molar-refractivity contribution in [2.24, 2.45) is 0 Å². The molecule has 1 aliphatic carbocycles. The maximum Gasteiger partial charge on any atom is 0.247 e. The van der Waals surface area contributed by atoms with Crippen molar-refractivity contribution in [2.45, 2.75) is 71.1 Å². The molecule has 1 fully saturated rings. The first-order chi connectivity index (χ1) is 19.0. The number of tetrazole rings is 1. The molecule has 0 bridgehead atoms. The first-order valence-electron chi connectivity index (χ1n) is 13.5. The second-order valence-electron chi connectivity index (χ2n) is 10.3. The van der Waals surface area contributed by atoms with E-state index in [1.807, 2.05) is 62.4 Å². The van der Waals surface area contributed by atoms with Crippen LogP contribution in [0.5, 0.6) is 0 Å². The Morgan fingerprint density at radius 1 is 1.00 bits per heavy atom. The van der Waals surface area contributed by atoms with Crippen molar-refractivity contribution >= 4 is 11.8 Å². The lowest BCUT2D eigenvalue weighted by molar-refractivity contribution is -0.143. The highest BCUT2D eigenvalue weighted by molar-refractivity contribution is 5.89. The van der Waals surface area contributed by atoms with Gasteiger partial charge in [-0.2, -0.15) is 4.80 Å². The molecule has 2 aromatic carbocycles. The lowest BCUT2D eigenvalue weighted by atomic mass is 9.94. The number of nitrogens with one attached hydrogen (secondary N) is 1. The van der Waals surface area contributed by atoms with Crippen LogP contribution in [0.3, 0.4) is 0 Å². The van der Waals surface area contributed by atoms with Crippen LogP contribution in [0, 0.1) is 13.8 Å². The summed E-state index contributed by atoms with van der Waals surface area (Å²) in [5.74, 6) is 0.504. The molecule has 0 unspecified atom stereocenters. The van der Waals surface area contributed by atoms with Gasteiger partial charge in [-0.3, -0.25) is 9.59 Å². The molecule has 1 aliphatic rings. The molecule has 0 spiro atoms. The molecule has 1 saturated carbocycles. The molecule has 2 heterocycles. The minimum Gasteiger partial charge on any atom is -0.467 e. The van der Waals surface area contributed by atoms with E-state index in [2.05, 4.69) is 20.7 Å². The molecule has 39 heavy (non-hydrogen) atoms. The molecule has 9 heteroatoms. The lowest BCUT2D eigenvalue weighted by Gasteiger charge is -2.33. The second-order valence-corrected chi connectivity index (χ2v) is 10.3. The van der Waals surface area contributed by atoms with Crippen LogP contribution in [-0.4, -0.2) is 43.0 Å². The van der Waals surface area contributed by atoms with Gasteiger partial charge in [0.15, 0.2) is 0 Å². The van der Waals surface area contributed by atoms with E-state index in [1.54, 1.807) is 23.3 Å². The summed E-state index contributed by atoms with van der Waals surface area (Å²) in [5.41, 5.74) is 3.75. The Morgan fingerprint density at radius 3 is 2.36 bits per heavy atom. The normalized spacial score (nSPS) is 14.6. The van der Waals surface area contributed by atoms with Gasteiger partial charge in [0.1, 0.15) is 18.3 Å². The van der Waals surface area contributed by atoms with E-state index in [1.165, 1.54) is 11.2 Å². The van der Waals surface area contributed by atoms with Crippen LogP contribution in [-0.2, 0) is 22.7 Å². The first-order valence-corrected chi connectivity index (χ1v) is 13.5. The highest BCUT2D eigenvalue weighted by atomic mass is 16.3. The van der Waals surface area contributed by atoms with Gasteiger partial charge in [-0.25, -0.2) is 0 Å². The number of rotatable bonds is 9. The Labute approximate surface area is 228 Å².